The molecule has 1 amide bonds. The molecule has 2 aromatic heterocycles. The van der Waals surface area contributed by atoms with E-state index in [4.69, 9.17) is 11.6 Å². The molecule has 1 fully saturated rings. The molecule has 1 aliphatic rings. The number of nitrogens with zero attached hydrogens (tertiary/aromatic N) is 6. The third-order valence-electron chi connectivity index (χ3n) is 5.00. The second-order valence-corrected chi connectivity index (χ2v) is 7.05. The first kappa shape index (κ1) is 17.7. The number of benzene rings is 1. The number of carbonyl (C=O) groups excluding carboxylic acids is 1. The summed E-state index contributed by atoms with van der Waals surface area (Å²) >= 11 is 6.02. The number of hydrogen-bond donors (Lipinski definition) is 0. The van der Waals surface area contributed by atoms with E-state index in [-0.39, 0.29) is 5.91 Å². The van der Waals surface area contributed by atoms with E-state index >= 15 is 0 Å². The van der Waals surface area contributed by atoms with E-state index in [1.807, 2.05) is 11.8 Å². The molecule has 1 aromatic carbocycles. The Balaban J connectivity index is 1.57. The number of aromatic nitrogens is 4. The molecule has 3 heterocycles. The number of hydrogen-bond acceptors (Lipinski definition) is 5. The highest BCUT2D eigenvalue weighted by atomic mass is 35.5. The molecule has 1 aliphatic heterocycles. The van der Waals surface area contributed by atoms with Gasteiger partial charge in [0, 0.05) is 48.0 Å². The molecule has 4 rings (SSSR count). The summed E-state index contributed by atoms with van der Waals surface area (Å²) in [6, 6.07) is 7.11. The zero-order valence-electron chi connectivity index (χ0n) is 15.4. The van der Waals surface area contributed by atoms with E-state index < -0.39 is 0 Å². The summed E-state index contributed by atoms with van der Waals surface area (Å²) in [7, 11) is 0. The average Bonchev–Trinajstić information content (AvgIpc) is 3.14. The van der Waals surface area contributed by atoms with E-state index in [0.29, 0.717) is 29.5 Å². The van der Waals surface area contributed by atoms with Crippen molar-refractivity contribution >= 4 is 29.1 Å². The summed E-state index contributed by atoms with van der Waals surface area (Å²) in [4.78, 5) is 25.7. The third-order valence-corrected chi connectivity index (χ3v) is 5.23. The van der Waals surface area contributed by atoms with Gasteiger partial charge in [-0.3, -0.25) is 4.79 Å². The van der Waals surface area contributed by atoms with Crippen molar-refractivity contribution in [2.45, 2.75) is 20.3 Å². The van der Waals surface area contributed by atoms with Crippen LogP contribution in [-0.4, -0.2) is 56.6 Å². The molecule has 0 saturated carbocycles. The van der Waals surface area contributed by atoms with Gasteiger partial charge in [0.25, 0.3) is 11.7 Å². The van der Waals surface area contributed by atoms with Gasteiger partial charge in [-0.1, -0.05) is 24.6 Å². The molecule has 7 nitrogen and oxygen atoms in total. The van der Waals surface area contributed by atoms with E-state index in [9.17, 15) is 4.79 Å². The summed E-state index contributed by atoms with van der Waals surface area (Å²) in [6.07, 6.45) is 2.40. The van der Waals surface area contributed by atoms with Crippen LogP contribution in [0.15, 0.2) is 30.6 Å². The third kappa shape index (κ3) is 3.23. The second-order valence-electron chi connectivity index (χ2n) is 6.61. The molecule has 27 heavy (non-hydrogen) atoms. The molecule has 0 N–H and O–H groups in total. The minimum absolute atomic E-state index is 0.0182. The molecular weight excluding hydrogens is 364 g/mol. The smallest absolute Gasteiger partial charge is 0.254 e. The maximum absolute atomic E-state index is 12.8. The maximum Gasteiger partial charge on any atom is 0.254 e. The van der Waals surface area contributed by atoms with Crippen LogP contribution in [0.25, 0.3) is 5.78 Å². The first-order chi connectivity index (χ1) is 13.1. The summed E-state index contributed by atoms with van der Waals surface area (Å²) in [5.41, 5.74) is 2.77. The van der Waals surface area contributed by atoms with Crippen LogP contribution >= 0.6 is 11.6 Å². The predicted octanol–water partition coefficient (Wildman–Crippen LogP) is 2.61. The van der Waals surface area contributed by atoms with Crippen LogP contribution < -0.4 is 4.90 Å². The zero-order chi connectivity index (χ0) is 19.0. The van der Waals surface area contributed by atoms with Gasteiger partial charge in [-0.2, -0.15) is 14.6 Å². The molecule has 0 spiro atoms. The molecule has 8 heteroatoms. The Morgan fingerprint density at radius 2 is 2.00 bits per heavy atom. The van der Waals surface area contributed by atoms with Crippen molar-refractivity contribution in [3.8, 4) is 0 Å². The SMILES string of the molecule is CCc1c(C)nc2ncnn2c1N1CCN(C(=O)c2cccc(Cl)c2)CC1. The number of halogens is 1. The lowest BCUT2D eigenvalue weighted by Crippen LogP contribution is -2.49. The fourth-order valence-corrected chi connectivity index (χ4v) is 3.82. The van der Waals surface area contributed by atoms with Crippen molar-refractivity contribution in [3.05, 3.63) is 52.4 Å². The van der Waals surface area contributed by atoms with Gasteiger partial charge in [-0.05, 0) is 31.5 Å². The number of carbonyl (C=O) groups is 1. The van der Waals surface area contributed by atoms with Crippen molar-refractivity contribution in [2.75, 3.05) is 31.1 Å². The summed E-state index contributed by atoms with van der Waals surface area (Å²) in [6.45, 7) is 6.89. The Morgan fingerprint density at radius 1 is 1.22 bits per heavy atom. The highest BCUT2D eigenvalue weighted by molar-refractivity contribution is 6.30. The van der Waals surface area contributed by atoms with Gasteiger partial charge >= 0.3 is 0 Å². The first-order valence-corrected chi connectivity index (χ1v) is 9.45. The number of aryl methyl sites for hydroxylation is 1. The molecule has 140 valence electrons. The fraction of sp³-hybridized carbons (Fsp3) is 0.368. The highest BCUT2D eigenvalue weighted by Gasteiger charge is 2.26. The predicted molar refractivity (Wildman–Crippen MR) is 104 cm³/mol. The monoisotopic (exact) mass is 384 g/mol. The van der Waals surface area contributed by atoms with Gasteiger partial charge in [0.05, 0.1) is 0 Å². The average molecular weight is 385 g/mol. The van der Waals surface area contributed by atoms with Crippen molar-refractivity contribution in [1.82, 2.24) is 24.5 Å². The van der Waals surface area contributed by atoms with Gasteiger partial charge in [-0.25, -0.2) is 4.98 Å². The van der Waals surface area contributed by atoms with Crippen LogP contribution in [0, 0.1) is 6.92 Å². The number of piperazine rings is 1. The molecule has 0 atom stereocenters. The highest BCUT2D eigenvalue weighted by Crippen LogP contribution is 2.25. The number of amides is 1. The van der Waals surface area contributed by atoms with Crippen LogP contribution in [0.5, 0.6) is 0 Å². The van der Waals surface area contributed by atoms with Crippen molar-refractivity contribution < 1.29 is 4.79 Å². The summed E-state index contributed by atoms with van der Waals surface area (Å²) in [5.74, 6) is 1.66. The standard InChI is InChI=1S/C19H21ClN6O/c1-3-16-13(2)23-19-21-12-22-26(19)17(16)24-7-9-25(10-8-24)18(27)14-5-4-6-15(20)11-14/h4-6,11-12H,3,7-10H2,1-2H3. The lowest BCUT2D eigenvalue weighted by Gasteiger charge is -2.37. The largest absolute Gasteiger partial charge is 0.353 e. The van der Waals surface area contributed by atoms with Crippen LogP contribution in [0.2, 0.25) is 5.02 Å². The molecule has 3 aromatic rings. The number of anilines is 1. The Morgan fingerprint density at radius 3 is 2.70 bits per heavy atom. The molecule has 0 bridgehead atoms. The Hall–Kier alpha value is -2.67. The van der Waals surface area contributed by atoms with Gasteiger partial charge in [-0.15, -0.1) is 0 Å². The van der Waals surface area contributed by atoms with Crippen molar-refractivity contribution in [3.63, 3.8) is 0 Å². The fourth-order valence-electron chi connectivity index (χ4n) is 3.63. The zero-order valence-corrected chi connectivity index (χ0v) is 16.1. The maximum atomic E-state index is 12.8. The van der Waals surface area contributed by atoms with E-state index in [1.54, 1.807) is 28.8 Å². The lowest BCUT2D eigenvalue weighted by molar-refractivity contribution is 0.0746. The summed E-state index contributed by atoms with van der Waals surface area (Å²) < 4.78 is 1.81. The minimum atomic E-state index is 0.0182. The van der Waals surface area contributed by atoms with E-state index in [2.05, 4.69) is 26.9 Å². The minimum Gasteiger partial charge on any atom is -0.353 e. The van der Waals surface area contributed by atoms with Crippen molar-refractivity contribution in [1.29, 1.82) is 0 Å². The topological polar surface area (TPSA) is 66.6 Å². The second kappa shape index (κ2) is 7.15. The van der Waals surface area contributed by atoms with Crippen LogP contribution in [-0.2, 0) is 6.42 Å². The molecular formula is C19H21ClN6O. The van der Waals surface area contributed by atoms with Gasteiger partial charge in [0.1, 0.15) is 12.1 Å². The van der Waals surface area contributed by atoms with Crippen molar-refractivity contribution in [2.24, 2.45) is 0 Å². The normalized spacial score (nSPS) is 14.8. The van der Waals surface area contributed by atoms with E-state index in [1.165, 1.54) is 11.9 Å². The number of rotatable bonds is 3. The number of fused-ring (bicyclic) bond motifs is 1. The Kier molecular flexibility index (Phi) is 4.70. The van der Waals surface area contributed by atoms with E-state index in [0.717, 1.165) is 31.0 Å². The Bertz CT molecular complexity index is 993. The van der Waals surface area contributed by atoms with Gasteiger partial charge in [0.2, 0.25) is 0 Å². The Labute approximate surface area is 162 Å². The van der Waals surface area contributed by atoms with Gasteiger partial charge < -0.3 is 9.80 Å². The molecule has 0 radical (unpaired) electrons. The molecule has 0 aliphatic carbocycles. The first-order valence-electron chi connectivity index (χ1n) is 9.07. The van der Waals surface area contributed by atoms with Crippen LogP contribution in [0.1, 0.15) is 28.5 Å². The molecule has 0 unspecified atom stereocenters. The van der Waals surface area contributed by atoms with Crippen LogP contribution in [0.3, 0.4) is 0 Å². The summed E-state index contributed by atoms with van der Waals surface area (Å²) in [5, 5.41) is 4.94. The lowest BCUT2D eigenvalue weighted by atomic mass is 10.1. The molecule has 1 saturated heterocycles. The van der Waals surface area contributed by atoms with Gasteiger partial charge in [0.15, 0.2) is 0 Å². The quantitative estimate of drug-likeness (QED) is 0.694. The van der Waals surface area contributed by atoms with Crippen LogP contribution in [0.4, 0.5) is 5.82 Å².